The molecule has 3 atom stereocenters. The second kappa shape index (κ2) is 18.3. The molecule has 0 saturated heterocycles. The highest BCUT2D eigenvalue weighted by molar-refractivity contribution is 7.99. The Balaban J connectivity index is 1.67. The van der Waals surface area contributed by atoms with Crippen molar-refractivity contribution >= 4 is 57.6 Å². The Morgan fingerprint density at radius 1 is 1.00 bits per heavy atom. The molecule has 2 amide bonds. The summed E-state index contributed by atoms with van der Waals surface area (Å²) in [6.45, 7) is 2.05. The summed E-state index contributed by atoms with van der Waals surface area (Å²) in [6.07, 6.45) is 0.865. The van der Waals surface area contributed by atoms with Gasteiger partial charge in [-0.25, -0.2) is 4.98 Å². The first-order valence-electron chi connectivity index (χ1n) is 17.8. The third-order valence-electron chi connectivity index (χ3n) is 9.54. The predicted molar refractivity (Wildman–Crippen MR) is 202 cm³/mol. The number of para-hydroxylation sites is 1. The summed E-state index contributed by atoms with van der Waals surface area (Å²) in [5.74, 6) is -2.04. The number of ketones is 1. The highest BCUT2D eigenvalue weighted by atomic mass is 35.5. The van der Waals surface area contributed by atoms with Crippen molar-refractivity contribution in [3.05, 3.63) is 82.6 Å². The summed E-state index contributed by atoms with van der Waals surface area (Å²) in [7, 11) is 0. The number of halogens is 4. The number of nitrogens with two attached hydrogens (primary N) is 2. The van der Waals surface area contributed by atoms with Crippen LogP contribution in [0.4, 0.5) is 18.9 Å². The van der Waals surface area contributed by atoms with Gasteiger partial charge in [0.05, 0.1) is 22.3 Å². The van der Waals surface area contributed by atoms with Gasteiger partial charge in [-0.1, -0.05) is 48.0 Å². The fourth-order valence-corrected chi connectivity index (χ4v) is 8.10. The van der Waals surface area contributed by atoms with Crippen LogP contribution in [0.15, 0.2) is 70.8 Å². The number of fused-ring (bicyclic) bond motifs is 3. The number of hydrogen-bond acceptors (Lipinski definition) is 8. The third-order valence-corrected chi connectivity index (χ3v) is 11.2. The monoisotopic (exact) mass is 771 g/mol. The molecule has 284 valence electrons. The van der Waals surface area contributed by atoms with Crippen LogP contribution in [0.5, 0.6) is 0 Å². The van der Waals surface area contributed by atoms with Crippen molar-refractivity contribution in [2.24, 2.45) is 17.4 Å². The van der Waals surface area contributed by atoms with E-state index in [4.69, 9.17) is 23.1 Å². The topological polar surface area (TPSA) is 159 Å². The van der Waals surface area contributed by atoms with E-state index in [2.05, 4.69) is 20.6 Å². The van der Waals surface area contributed by atoms with Crippen molar-refractivity contribution < 1.29 is 27.6 Å². The van der Waals surface area contributed by atoms with Crippen molar-refractivity contribution in [3.8, 4) is 0 Å². The molecule has 3 heterocycles. The molecule has 1 aliphatic rings. The number of benzene rings is 2. The molecule has 10 nitrogen and oxygen atoms in total. The van der Waals surface area contributed by atoms with Gasteiger partial charge in [0.2, 0.25) is 11.8 Å². The number of rotatable bonds is 10. The lowest BCUT2D eigenvalue weighted by Gasteiger charge is -2.34. The van der Waals surface area contributed by atoms with E-state index in [9.17, 15) is 27.6 Å². The Morgan fingerprint density at radius 2 is 1.77 bits per heavy atom. The summed E-state index contributed by atoms with van der Waals surface area (Å²) in [4.78, 5) is 52.4. The van der Waals surface area contributed by atoms with E-state index in [-0.39, 0.29) is 51.6 Å². The molecule has 1 aliphatic heterocycles. The minimum Gasteiger partial charge on any atom is -0.373 e. The van der Waals surface area contributed by atoms with Crippen LogP contribution in [0.3, 0.4) is 0 Å². The average molecular weight is 772 g/mol. The molecule has 5 rings (SSSR count). The fourth-order valence-electron chi connectivity index (χ4n) is 6.80. The highest BCUT2D eigenvalue weighted by Crippen LogP contribution is 2.44. The van der Waals surface area contributed by atoms with Gasteiger partial charge in [-0.3, -0.25) is 14.4 Å². The lowest BCUT2D eigenvalue weighted by Crippen LogP contribution is -2.52. The van der Waals surface area contributed by atoms with Gasteiger partial charge < -0.3 is 32.0 Å². The van der Waals surface area contributed by atoms with E-state index in [0.29, 0.717) is 50.9 Å². The maximum absolute atomic E-state index is 14.6. The van der Waals surface area contributed by atoms with Crippen molar-refractivity contribution in [2.45, 2.75) is 86.6 Å². The largest absolute Gasteiger partial charge is 0.416 e. The van der Waals surface area contributed by atoms with E-state index in [1.807, 2.05) is 24.3 Å². The molecule has 0 saturated carbocycles. The molecule has 0 aliphatic carbocycles. The minimum absolute atomic E-state index is 0.0294. The highest BCUT2D eigenvalue weighted by Gasteiger charge is 2.38. The standard InChI is InChI=1S/C38H45ClF3N7O3S/c1-2-49-32(19-24-21-46-29-11-4-3-10-25(24)29)35(51)47-22-26-27(38(40,41)42)14-15-28(39)34(26)53-36-31(13-8-18-45-36)48-30(12-7-17-44)33(50)20-23(37(49)52)9-5-6-16-43/h3-4,8,10-11,13-15,18,21,23,30,32,46,48H,2,5-7,9,12,16-17,19-20,22,43-44H2,1H3,(H,47,51)/t23-,30+,32+/m1/s1. The van der Waals surface area contributed by atoms with Gasteiger partial charge in [0.25, 0.3) is 0 Å². The smallest absolute Gasteiger partial charge is 0.373 e. The molecule has 0 bridgehead atoms. The first-order chi connectivity index (χ1) is 25.5. The van der Waals surface area contributed by atoms with Gasteiger partial charge in [-0.2, -0.15) is 13.2 Å². The van der Waals surface area contributed by atoms with Crippen molar-refractivity contribution in [1.29, 1.82) is 0 Å². The second-order valence-corrected chi connectivity index (χ2v) is 14.5. The van der Waals surface area contributed by atoms with Gasteiger partial charge in [0.1, 0.15) is 11.1 Å². The van der Waals surface area contributed by atoms with Crippen LogP contribution in [-0.2, 0) is 33.5 Å². The number of alkyl halides is 3. The molecular weight excluding hydrogens is 727 g/mol. The molecule has 4 aromatic rings. The molecule has 2 aromatic heterocycles. The first-order valence-corrected chi connectivity index (χ1v) is 19.0. The zero-order valence-corrected chi connectivity index (χ0v) is 31.1. The van der Waals surface area contributed by atoms with Gasteiger partial charge in [0.15, 0.2) is 5.78 Å². The zero-order chi connectivity index (χ0) is 38.1. The first kappa shape index (κ1) is 40.1. The van der Waals surface area contributed by atoms with Crippen molar-refractivity contribution in [2.75, 3.05) is 25.0 Å². The van der Waals surface area contributed by atoms with Crippen LogP contribution in [0.1, 0.15) is 62.1 Å². The molecule has 15 heteroatoms. The molecule has 53 heavy (non-hydrogen) atoms. The SMILES string of the molecule is CCN1C(=O)[C@H](CCCCN)CC(=O)[C@H](CCCN)Nc2cccnc2Sc2c(Cl)ccc(C(F)(F)F)c2CNC(=O)[C@@H]1Cc1c[nH]c2ccccc12. The van der Waals surface area contributed by atoms with Crippen LogP contribution in [0, 0.1) is 5.92 Å². The molecule has 0 radical (unpaired) electrons. The number of carbonyl (C=O) groups excluding carboxylic acids is 3. The Morgan fingerprint density at radius 3 is 2.51 bits per heavy atom. The molecule has 0 fully saturated rings. The Labute approximate surface area is 316 Å². The average Bonchev–Trinajstić information content (AvgIpc) is 3.55. The molecule has 2 aromatic carbocycles. The fraction of sp³-hybridized carbons (Fsp3) is 0.421. The summed E-state index contributed by atoms with van der Waals surface area (Å²) >= 11 is 7.53. The lowest BCUT2D eigenvalue weighted by atomic mass is 9.90. The Hall–Kier alpha value is -4.11. The number of unbranched alkanes of at least 4 members (excludes halogenated alkanes) is 1. The number of likely N-dealkylation sites (N-methyl/N-ethyl adjacent to an activating group) is 1. The number of carbonyl (C=O) groups is 3. The van der Waals surface area contributed by atoms with Crippen LogP contribution in [0.25, 0.3) is 10.9 Å². The Kier molecular flexibility index (Phi) is 13.8. The van der Waals surface area contributed by atoms with Gasteiger partial charge in [-0.05, 0) is 87.2 Å². The Bertz CT molecular complexity index is 1910. The summed E-state index contributed by atoms with van der Waals surface area (Å²) < 4.78 is 43.8. The van der Waals surface area contributed by atoms with Crippen LogP contribution in [0.2, 0.25) is 5.02 Å². The van der Waals surface area contributed by atoms with Crippen molar-refractivity contribution in [3.63, 3.8) is 0 Å². The van der Waals surface area contributed by atoms with Gasteiger partial charge >= 0.3 is 6.18 Å². The maximum atomic E-state index is 14.6. The molecule has 7 N–H and O–H groups in total. The molecule has 0 unspecified atom stereocenters. The predicted octanol–water partition coefficient (Wildman–Crippen LogP) is 6.70. The van der Waals surface area contributed by atoms with Crippen LogP contribution < -0.4 is 22.1 Å². The third kappa shape index (κ3) is 9.71. The number of nitrogens with one attached hydrogen (secondary N) is 3. The van der Waals surface area contributed by atoms with E-state index < -0.39 is 42.2 Å². The van der Waals surface area contributed by atoms with Crippen molar-refractivity contribution in [1.82, 2.24) is 20.2 Å². The number of pyridine rings is 1. The quantitative estimate of drug-likeness (QED) is 0.112. The number of H-pyrrole nitrogens is 1. The second-order valence-electron chi connectivity index (χ2n) is 13.1. The van der Waals surface area contributed by atoms with Crippen LogP contribution in [-0.4, -0.2) is 64.2 Å². The zero-order valence-electron chi connectivity index (χ0n) is 29.5. The van der Waals surface area contributed by atoms with E-state index >= 15 is 0 Å². The van der Waals surface area contributed by atoms with E-state index in [1.165, 1.54) is 17.2 Å². The maximum Gasteiger partial charge on any atom is 0.416 e. The minimum atomic E-state index is -4.78. The number of nitrogens with zero attached hydrogens (tertiary/aromatic N) is 2. The van der Waals surface area contributed by atoms with Gasteiger partial charge in [0, 0.05) is 60.0 Å². The van der Waals surface area contributed by atoms with Crippen LogP contribution >= 0.6 is 23.4 Å². The van der Waals surface area contributed by atoms with E-state index in [1.54, 1.807) is 25.3 Å². The lowest BCUT2D eigenvalue weighted by molar-refractivity contribution is -0.145. The number of hydrogen-bond donors (Lipinski definition) is 5. The number of anilines is 1. The van der Waals surface area contributed by atoms with E-state index in [0.717, 1.165) is 34.3 Å². The summed E-state index contributed by atoms with van der Waals surface area (Å²) in [5.41, 5.74) is 12.4. The normalized spacial score (nSPS) is 19.1. The number of aromatic amines is 1. The number of Topliss-reactive ketones (excluding diaryl/α,β-unsaturated/α-hetero) is 1. The molecular formula is C38H45ClF3N7O3S. The van der Waals surface area contributed by atoms with Gasteiger partial charge in [-0.15, -0.1) is 0 Å². The number of amides is 2. The number of aromatic nitrogens is 2. The summed E-state index contributed by atoms with van der Waals surface area (Å²) in [5, 5.41) is 7.17. The summed E-state index contributed by atoms with van der Waals surface area (Å²) in [6, 6.07) is 11.0. The molecule has 0 spiro atoms.